The average molecular weight is 286 g/mol. The van der Waals surface area contributed by atoms with Gasteiger partial charge in [0.1, 0.15) is 12.4 Å². The van der Waals surface area contributed by atoms with Crippen LogP contribution in [0.4, 0.5) is 0 Å². The largest absolute Gasteiger partial charge is 0.492 e. The molecule has 0 spiro atoms. The molecule has 0 saturated carbocycles. The summed E-state index contributed by atoms with van der Waals surface area (Å²) in [7, 11) is 0. The highest BCUT2D eigenvalue weighted by atomic mass is 16.5. The van der Waals surface area contributed by atoms with E-state index < -0.39 is 5.97 Å². The fourth-order valence-corrected chi connectivity index (χ4v) is 1.86. The molecule has 0 radical (unpaired) electrons. The van der Waals surface area contributed by atoms with Crippen LogP contribution in [-0.2, 0) is 6.54 Å². The smallest absolute Gasteiger partial charge is 0.335 e. The fraction of sp³-hybridized carbons (Fsp3) is 0.250. The van der Waals surface area contributed by atoms with E-state index in [0.29, 0.717) is 18.9 Å². The van der Waals surface area contributed by atoms with E-state index in [1.807, 2.05) is 19.2 Å². The van der Waals surface area contributed by atoms with Crippen LogP contribution in [0.1, 0.15) is 21.5 Å². The Hall–Kier alpha value is -2.40. The predicted molar refractivity (Wildman–Crippen MR) is 79.6 cm³/mol. The molecule has 0 fully saturated rings. The zero-order chi connectivity index (χ0) is 15.1. The fourth-order valence-electron chi connectivity index (χ4n) is 1.86. The molecule has 0 aliphatic heterocycles. The van der Waals surface area contributed by atoms with Crippen LogP contribution in [0.25, 0.3) is 0 Å². The van der Waals surface area contributed by atoms with Crippen molar-refractivity contribution in [2.75, 3.05) is 13.2 Å². The van der Waals surface area contributed by atoms with Crippen molar-refractivity contribution in [2.45, 2.75) is 13.5 Å². The van der Waals surface area contributed by atoms with Crippen LogP contribution < -0.4 is 10.1 Å². The number of aromatic carboxylic acids is 1. The van der Waals surface area contributed by atoms with Gasteiger partial charge in [-0.05, 0) is 42.3 Å². The summed E-state index contributed by atoms with van der Waals surface area (Å²) in [5, 5.41) is 12.2. The lowest BCUT2D eigenvalue weighted by atomic mass is 10.2. The number of rotatable bonds is 7. The molecule has 1 heterocycles. The summed E-state index contributed by atoms with van der Waals surface area (Å²) in [6.07, 6.45) is 3.62. The Kier molecular flexibility index (Phi) is 5.29. The standard InChI is InChI=1S/C16H18N2O3/c1-12-5-6-17-10-14(12)11-18-7-8-21-15-4-2-3-13(9-15)16(19)20/h2-6,9-10,18H,7-8,11H2,1H3,(H,19,20). The second kappa shape index (κ2) is 7.40. The molecule has 1 aromatic heterocycles. The van der Waals surface area contributed by atoms with Crippen molar-refractivity contribution < 1.29 is 14.6 Å². The normalized spacial score (nSPS) is 10.3. The maximum atomic E-state index is 10.8. The number of hydrogen-bond donors (Lipinski definition) is 2. The molecule has 0 bridgehead atoms. The van der Waals surface area contributed by atoms with Gasteiger partial charge in [0, 0.05) is 25.5 Å². The summed E-state index contributed by atoms with van der Waals surface area (Å²) in [4.78, 5) is 14.9. The zero-order valence-corrected chi connectivity index (χ0v) is 11.9. The van der Waals surface area contributed by atoms with Gasteiger partial charge in [-0.15, -0.1) is 0 Å². The molecule has 2 N–H and O–H groups in total. The third kappa shape index (κ3) is 4.57. The number of nitrogens with zero attached hydrogens (tertiary/aromatic N) is 1. The van der Waals surface area contributed by atoms with Crippen molar-refractivity contribution in [2.24, 2.45) is 0 Å². The van der Waals surface area contributed by atoms with Gasteiger partial charge in [0.05, 0.1) is 5.56 Å². The number of benzene rings is 1. The number of aromatic nitrogens is 1. The van der Waals surface area contributed by atoms with E-state index in [-0.39, 0.29) is 5.56 Å². The highest BCUT2D eigenvalue weighted by Gasteiger charge is 2.03. The van der Waals surface area contributed by atoms with Gasteiger partial charge in [-0.3, -0.25) is 4.98 Å². The van der Waals surface area contributed by atoms with Crippen LogP contribution in [0.15, 0.2) is 42.7 Å². The predicted octanol–water partition coefficient (Wildman–Crippen LogP) is 2.26. The van der Waals surface area contributed by atoms with Gasteiger partial charge < -0.3 is 15.2 Å². The van der Waals surface area contributed by atoms with E-state index in [1.165, 1.54) is 11.6 Å². The average Bonchev–Trinajstić information content (AvgIpc) is 2.49. The number of ether oxygens (including phenoxy) is 1. The van der Waals surface area contributed by atoms with Crippen LogP contribution in [0, 0.1) is 6.92 Å². The molecule has 5 nitrogen and oxygen atoms in total. The monoisotopic (exact) mass is 286 g/mol. The molecule has 110 valence electrons. The minimum Gasteiger partial charge on any atom is -0.492 e. The Morgan fingerprint density at radius 3 is 3.00 bits per heavy atom. The van der Waals surface area contributed by atoms with Gasteiger partial charge in [0.2, 0.25) is 0 Å². The van der Waals surface area contributed by atoms with Gasteiger partial charge >= 0.3 is 5.97 Å². The van der Waals surface area contributed by atoms with Crippen molar-refractivity contribution in [1.82, 2.24) is 10.3 Å². The van der Waals surface area contributed by atoms with Gasteiger partial charge in [-0.25, -0.2) is 4.79 Å². The first-order chi connectivity index (χ1) is 10.2. The number of pyridine rings is 1. The molecular weight excluding hydrogens is 268 g/mol. The van der Waals surface area contributed by atoms with E-state index in [9.17, 15) is 4.79 Å². The number of hydrogen-bond acceptors (Lipinski definition) is 4. The summed E-state index contributed by atoms with van der Waals surface area (Å²) in [6.45, 7) is 3.93. The minimum atomic E-state index is -0.953. The van der Waals surface area contributed by atoms with Crippen LogP contribution in [0.5, 0.6) is 5.75 Å². The Balaban J connectivity index is 1.74. The lowest BCUT2D eigenvalue weighted by Crippen LogP contribution is -2.21. The highest BCUT2D eigenvalue weighted by Crippen LogP contribution is 2.13. The third-order valence-electron chi connectivity index (χ3n) is 3.09. The molecule has 5 heteroatoms. The van der Waals surface area contributed by atoms with Crippen LogP contribution >= 0.6 is 0 Å². The molecule has 1 aromatic carbocycles. The lowest BCUT2D eigenvalue weighted by Gasteiger charge is -2.09. The number of carboxylic acids is 1. The first-order valence-corrected chi connectivity index (χ1v) is 6.73. The summed E-state index contributed by atoms with van der Waals surface area (Å²) in [5.74, 6) is -0.389. The van der Waals surface area contributed by atoms with Crippen molar-refractivity contribution in [3.05, 3.63) is 59.4 Å². The molecule has 0 aliphatic carbocycles. The van der Waals surface area contributed by atoms with Crippen molar-refractivity contribution in [3.63, 3.8) is 0 Å². The second-order valence-corrected chi connectivity index (χ2v) is 4.66. The Bertz CT molecular complexity index is 614. The SMILES string of the molecule is Cc1ccncc1CNCCOc1cccc(C(=O)O)c1. The van der Waals surface area contributed by atoms with Crippen LogP contribution in [0.2, 0.25) is 0 Å². The maximum Gasteiger partial charge on any atom is 0.335 e. The molecule has 2 aromatic rings. The number of carboxylic acid groups (broad SMARTS) is 1. The van der Waals surface area contributed by atoms with E-state index in [4.69, 9.17) is 9.84 Å². The summed E-state index contributed by atoms with van der Waals surface area (Å²) in [5.41, 5.74) is 2.59. The molecule has 0 unspecified atom stereocenters. The molecule has 0 atom stereocenters. The van der Waals surface area contributed by atoms with Gasteiger partial charge in [0.25, 0.3) is 0 Å². The first kappa shape index (κ1) is 15.0. The Morgan fingerprint density at radius 1 is 1.38 bits per heavy atom. The maximum absolute atomic E-state index is 10.8. The first-order valence-electron chi connectivity index (χ1n) is 6.73. The zero-order valence-electron chi connectivity index (χ0n) is 11.9. The quantitative estimate of drug-likeness (QED) is 0.764. The van der Waals surface area contributed by atoms with Crippen LogP contribution in [-0.4, -0.2) is 29.2 Å². The van der Waals surface area contributed by atoms with Crippen molar-refractivity contribution in [3.8, 4) is 5.75 Å². The van der Waals surface area contributed by atoms with Gasteiger partial charge in [0.15, 0.2) is 0 Å². The van der Waals surface area contributed by atoms with Crippen molar-refractivity contribution >= 4 is 5.97 Å². The minimum absolute atomic E-state index is 0.228. The molecule has 0 saturated heterocycles. The molecule has 21 heavy (non-hydrogen) atoms. The van der Waals surface area contributed by atoms with E-state index in [2.05, 4.69) is 10.3 Å². The molecule has 0 aliphatic rings. The van der Waals surface area contributed by atoms with Gasteiger partial charge in [-0.1, -0.05) is 6.07 Å². The molecule has 0 amide bonds. The topological polar surface area (TPSA) is 71.5 Å². The second-order valence-electron chi connectivity index (χ2n) is 4.66. The third-order valence-corrected chi connectivity index (χ3v) is 3.09. The summed E-state index contributed by atoms with van der Waals surface area (Å²) in [6, 6.07) is 8.46. The van der Waals surface area contributed by atoms with Crippen LogP contribution in [0.3, 0.4) is 0 Å². The Morgan fingerprint density at radius 2 is 2.24 bits per heavy atom. The molecular formula is C16H18N2O3. The number of nitrogens with one attached hydrogen (secondary N) is 1. The summed E-state index contributed by atoms with van der Waals surface area (Å²) < 4.78 is 5.52. The number of carbonyl (C=O) groups is 1. The van der Waals surface area contributed by atoms with Gasteiger partial charge in [-0.2, -0.15) is 0 Å². The highest BCUT2D eigenvalue weighted by molar-refractivity contribution is 5.87. The van der Waals surface area contributed by atoms with E-state index in [0.717, 1.165) is 12.1 Å². The Labute approximate surface area is 123 Å². The molecule has 2 rings (SSSR count). The van der Waals surface area contributed by atoms with E-state index >= 15 is 0 Å². The van der Waals surface area contributed by atoms with E-state index in [1.54, 1.807) is 24.4 Å². The lowest BCUT2D eigenvalue weighted by molar-refractivity contribution is 0.0696. The summed E-state index contributed by atoms with van der Waals surface area (Å²) >= 11 is 0. The van der Waals surface area contributed by atoms with Crippen molar-refractivity contribution in [1.29, 1.82) is 0 Å². The number of aryl methyl sites for hydroxylation is 1.